The third kappa shape index (κ3) is 1.70. The number of hydrogen-bond donors (Lipinski definition) is 2. The molecule has 2 saturated heterocycles. The molecule has 13 heavy (non-hydrogen) atoms. The molecule has 1 amide bonds. The molecule has 3 heteroatoms. The Morgan fingerprint density at radius 1 is 1.46 bits per heavy atom. The van der Waals surface area contributed by atoms with E-state index in [0.29, 0.717) is 12.5 Å². The van der Waals surface area contributed by atoms with Crippen molar-refractivity contribution in [1.29, 1.82) is 0 Å². The van der Waals surface area contributed by atoms with Gasteiger partial charge in [-0.25, -0.2) is 0 Å². The summed E-state index contributed by atoms with van der Waals surface area (Å²) in [6.07, 6.45) is 5.27. The predicted octanol–water partition coefficient (Wildman–Crippen LogP) is 0.797. The number of hydrogen-bond acceptors (Lipinski definition) is 2. The van der Waals surface area contributed by atoms with Crippen molar-refractivity contribution < 1.29 is 4.79 Å². The van der Waals surface area contributed by atoms with Crippen LogP contribution in [0.3, 0.4) is 0 Å². The first-order chi connectivity index (χ1) is 6.21. The molecular weight excluding hydrogens is 164 g/mol. The second-order valence-corrected chi connectivity index (χ2v) is 4.47. The number of piperidine rings is 1. The molecule has 0 bridgehead atoms. The Kier molecular flexibility index (Phi) is 2.28. The summed E-state index contributed by atoms with van der Waals surface area (Å²) in [7, 11) is 0. The van der Waals surface area contributed by atoms with Crippen LogP contribution in [0.15, 0.2) is 0 Å². The van der Waals surface area contributed by atoms with Crippen LogP contribution in [-0.2, 0) is 4.79 Å². The molecule has 0 aromatic carbocycles. The van der Waals surface area contributed by atoms with E-state index in [-0.39, 0.29) is 11.4 Å². The second kappa shape index (κ2) is 3.29. The molecule has 74 valence electrons. The maximum absolute atomic E-state index is 11.3. The minimum Gasteiger partial charge on any atom is -0.349 e. The summed E-state index contributed by atoms with van der Waals surface area (Å²) in [6.45, 7) is 3.28. The number of fused-ring (bicyclic) bond motifs is 1. The van der Waals surface area contributed by atoms with Crippen LogP contribution in [0.25, 0.3) is 0 Å². The molecule has 0 saturated carbocycles. The van der Waals surface area contributed by atoms with Gasteiger partial charge in [-0.05, 0) is 39.2 Å². The molecule has 2 N–H and O–H groups in total. The Morgan fingerprint density at radius 2 is 2.31 bits per heavy atom. The van der Waals surface area contributed by atoms with Gasteiger partial charge in [0.15, 0.2) is 0 Å². The first kappa shape index (κ1) is 9.00. The smallest absolute Gasteiger partial charge is 0.220 e. The van der Waals surface area contributed by atoms with Crippen molar-refractivity contribution >= 4 is 5.91 Å². The molecule has 0 spiro atoms. The maximum atomic E-state index is 11.3. The molecule has 0 aromatic heterocycles. The van der Waals surface area contributed by atoms with Gasteiger partial charge in [-0.3, -0.25) is 4.79 Å². The lowest BCUT2D eigenvalue weighted by Gasteiger charge is -2.41. The standard InChI is InChI=1S/C10H18N2O/c1-10-6-2-3-7-11-8(10)4-5-9(13)12-10/h8,11H,2-7H2,1H3,(H,12,13)/t8-,10-/m1/s1. The normalized spacial score (nSPS) is 40.4. The molecule has 3 nitrogen and oxygen atoms in total. The first-order valence-electron chi connectivity index (χ1n) is 5.25. The lowest BCUT2D eigenvalue weighted by Crippen LogP contribution is -2.61. The fourth-order valence-corrected chi connectivity index (χ4v) is 2.52. The highest BCUT2D eigenvalue weighted by atomic mass is 16.1. The van der Waals surface area contributed by atoms with Crippen LogP contribution in [0.5, 0.6) is 0 Å². The van der Waals surface area contributed by atoms with Gasteiger partial charge in [0, 0.05) is 12.5 Å². The summed E-state index contributed by atoms with van der Waals surface area (Å²) in [6, 6.07) is 0.493. The maximum Gasteiger partial charge on any atom is 0.220 e. The van der Waals surface area contributed by atoms with Gasteiger partial charge in [-0.15, -0.1) is 0 Å². The number of nitrogens with one attached hydrogen (secondary N) is 2. The number of amides is 1. The highest BCUT2D eigenvalue weighted by Gasteiger charge is 2.39. The zero-order valence-electron chi connectivity index (χ0n) is 8.23. The fourth-order valence-electron chi connectivity index (χ4n) is 2.52. The quantitative estimate of drug-likeness (QED) is 0.581. The molecular formula is C10H18N2O. The second-order valence-electron chi connectivity index (χ2n) is 4.47. The summed E-state index contributed by atoms with van der Waals surface area (Å²) in [5.41, 5.74) is 0.0197. The van der Waals surface area contributed by atoms with Gasteiger partial charge in [0.2, 0.25) is 5.91 Å². The third-order valence-corrected chi connectivity index (χ3v) is 3.37. The molecule has 0 unspecified atom stereocenters. The topological polar surface area (TPSA) is 41.1 Å². The number of rotatable bonds is 0. The molecule has 2 rings (SSSR count). The monoisotopic (exact) mass is 182 g/mol. The highest BCUT2D eigenvalue weighted by Crippen LogP contribution is 2.27. The van der Waals surface area contributed by atoms with Crippen LogP contribution < -0.4 is 10.6 Å². The Balaban J connectivity index is 2.13. The lowest BCUT2D eigenvalue weighted by molar-refractivity contribution is -0.125. The number of carbonyl (C=O) groups is 1. The zero-order chi connectivity index (χ0) is 9.31. The summed E-state index contributed by atoms with van der Waals surface area (Å²) < 4.78 is 0. The van der Waals surface area contributed by atoms with Crippen molar-refractivity contribution in [3.63, 3.8) is 0 Å². The van der Waals surface area contributed by atoms with Crippen LogP contribution in [0.2, 0.25) is 0 Å². The van der Waals surface area contributed by atoms with Crippen molar-refractivity contribution in [2.24, 2.45) is 0 Å². The Hall–Kier alpha value is -0.570. The van der Waals surface area contributed by atoms with E-state index in [9.17, 15) is 4.79 Å². The molecule has 0 aromatic rings. The fraction of sp³-hybridized carbons (Fsp3) is 0.900. The summed E-state index contributed by atoms with van der Waals surface area (Å²) >= 11 is 0. The minimum atomic E-state index is 0.0197. The van der Waals surface area contributed by atoms with Crippen molar-refractivity contribution in [1.82, 2.24) is 10.6 Å². The molecule has 2 heterocycles. The van der Waals surface area contributed by atoms with Gasteiger partial charge in [0.05, 0.1) is 5.54 Å². The molecule has 0 radical (unpaired) electrons. The molecule has 0 aliphatic carbocycles. The molecule has 2 fully saturated rings. The van der Waals surface area contributed by atoms with E-state index in [1.165, 1.54) is 12.8 Å². The zero-order valence-corrected chi connectivity index (χ0v) is 8.23. The van der Waals surface area contributed by atoms with Crippen molar-refractivity contribution in [2.45, 2.75) is 50.6 Å². The lowest BCUT2D eigenvalue weighted by atomic mass is 9.82. The van der Waals surface area contributed by atoms with E-state index in [1.807, 2.05) is 0 Å². The van der Waals surface area contributed by atoms with Gasteiger partial charge in [-0.1, -0.05) is 0 Å². The van der Waals surface area contributed by atoms with Gasteiger partial charge < -0.3 is 10.6 Å². The molecule has 2 aliphatic rings. The minimum absolute atomic E-state index is 0.0197. The van der Waals surface area contributed by atoms with E-state index >= 15 is 0 Å². The van der Waals surface area contributed by atoms with E-state index in [0.717, 1.165) is 19.4 Å². The van der Waals surface area contributed by atoms with E-state index in [1.54, 1.807) is 0 Å². The summed E-state index contributed by atoms with van der Waals surface area (Å²) in [4.78, 5) is 11.3. The van der Waals surface area contributed by atoms with Crippen molar-refractivity contribution in [2.75, 3.05) is 6.54 Å². The SMILES string of the molecule is C[C@@]12CCCCN[C@@H]1CCC(=O)N2. The Bertz CT molecular complexity index is 217. The Labute approximate surface area is 79.3 Å². The van der Waals surface area contributed by atoms with E-state index in [2.05, 4.69) is 17.6 Å². The van der Waals surface area contributed by atoms with Crippen LogP contribution in [-0.4, -0.2) is 24.0 Å². The van der Waals surface area contributed by atoms with Gasteiger partial charge in [0.1, 0.15) is 0 Å². The molecule has 2 atom stereocenters. The first-order valence-corrected chi connectivity index (χ1v) is 5.25. The highest BCUT2D eigenvalue weighted by molar-refractivity contribution is 5.78. The predicted molar refractivity (Wildman–Crippen MR) is 51.4 cm³/mol. The largest absolute Gasteiger partial charge is 0.349 e. The third-order valence-electron chi connectivity index (χ3n) is 3.37. The van der Waals surface area contributed by atoms with Crippen LogP contribution in [0.4, 0.5) is 0 Å². The average Bonchev–Trinajstić information content (AvgIpc) is 2.24. The van der Waals surface area contributed by atoms with Gasteiger partial charge >= 0.3 is 0 Å². The van der Waals surface area contributed by atoms with Gasteiger partial charge in [-0.2, -0.15) is 0 Å². The van der Waals surface area contributed by atoms with E-state index < -0.39 is 0 Å². The van der Waals surface area contributed by atoms with Crippen LogP contribution >= 0.6 is 0 Å². The average molecular weight is 182 g/mol. The van der Waals surface area contributed by atoms with Crippen LogP contribution in [0.1, 0.15) is 39.0 Å². The number of carbonyl (C=O) groups excluding carboxylic acids is 1. The van der Waals surface area contributed by atoms with E-state index in [4.69, 9.17) is 0 Å². The molecule has 2 aliphatic heterocycles. The van der Waals surface area contributed by atoms with Crippen molar-refractivity contribution in [3.05, 3.63) is 0 Å². The summed E-state index contributed by atoms with van der Waals surface area (Å²) in [5, 5.41) is 6.66. The summed E-state index contributed by atoms with van der Waals surface area (Å²) in [5.74, 6) is 0.224. The van der Waals surface area contributed by atoms with Crippen LogP contribution in [0, 0.1) is 0 Å². The van der Waals surface area contributed by atoms with Gasteiger partial charge in [0.25, 0.3) is 0 Å². The van der Waals surface area contributed by atoms with Crippen molar-refractivity contribution in [3.8, 4) is 0 Å². The Morgan fingerprint density at radius 3 is 3.15 bits per heavy atom.